The van der Waals surface area contributed by atoms with E-state index in [2.05, 4.69) is 15.6 Å². The molecule has 3 aromatic carbocycles. The number of carbonyl (C=O) groups excluding carboxylic acids is 2. The van der Waals surface area contributed by atoms with Gasteiger partial charge in [0.25, 0.3) is 0 Å². The summed E-state index contributed by atoms with van der Waals surface area (Å²) in [4.78, 5) is 41.6. The Kier molecular flexibility index (Phi) is 5.65. The minimum absolute atomic E-state index is 0.0433. The number of benzene rings is 3. The maximum absolute atomic E-state index is 13.0. The van der Waals surface area contributed by atoms with Gasteiger partial charge in [0.2, 0.25) is 11.8 Å². The van der Waals surface area contributed by atoms with Crippen molar-refractivity contribution in [3.63, 3.8) is 0 Å². The highest BCUT2D eigenvalue weighted by Gasteiger charge is 2.14. The maximum atomic E-state index is 13.0. The van der Waals surface area contributed by atoms with E-state index >= 15 is 0 Å². The van der Waals surface area contributed by atoms with Crippen LogP contribution < -0.4 is 16.1 Å². The normalized spacial score (nSPS) is 11.0. The standard InChI is InChI=1S/C26H20N4O3S/c1-16(31)27-18-12-10-17(11-13-18)21-15-34-26(28-21)29-24(32)14-30-22-8-4-2-6-19(22)25(33)20-7-3-5-9-23(20)30/h2-13,15H,14H2,1H3,(H,27,31)(H,28,29,32). The molecule has 168 valence electrons. The Bertz CT molecular complexity index is 1540. The van der Waals surface area contributed by atoms with E-state index in [1.807, 2.05) is 58.5 Å². The van der Waals surface area contributed by atoms with Crippen LogP contribution in [0.2, 0.25) is 0 Å². The molecule has 0 aliphatic heterocycles. The third-order valence-corrected chi connectivity index (χ3v) is 6.19. The fraction of sp³-hybridized carbons (Fsp3) is 0.0769. The molecule has 0 bridgehead atoms. The second-order valence-corrected chi connectivity index (χ2v) is 8.65. The molecule has 8 heteroatoms. The van der Waals surface area contributed by atoms with Crippen molar-refractivity contribution in [1.82, 2.24) is 9.55 Å². The van der Waals surface area contributed by atoms with Gasteiger partial charge in [0.1, 0.15) is 6.54 Å². The highest BCUT2D eigenvalue weighted by atomic mass is 32.1. The Labute approximate surface area is 198 Å². The second kappa shape index (κ2) is 8.92. The Morgan fingerprint density at radius 3 is 2.12 bits per heavy atom. The molecule has 5 rings (SSSR count). The van der Waals surface area contributed by atoms with E-state index in [0.717, 1.165) is 11.3 Å². The largest absolute Gasteiger partial charge is 0.331 e. The number of pyridine rings is 1. The van der Waals surface area contributed by atoms with E-state index in [9.17, 15) is 14.4 Å². The summed E-state index contributed by atoms with van der Waals surface area (Å²) in [5.41, 5.74) is 3.69. The average Bonchev–Trinajstić information content (AvgIpc) is 3.30. The number of thiazole rings is 1. The number of rotatable bonds is 5. The lowest BCUT2D eigenvalue weighted by Gasteiger charge is -2.14. The summed E-state index contributed by atoms with van der Waals surface area (Å²) in [5.74, 6) is -0.365. The van der Waals surface area contributed by atoms with E-state index in [4.69, 9.17) is 0 Å². The van der Waals surface area contributed by atoms with Crippen LogP contribution >= 0.6 is 11.3 Å². The third-order valence-electron chi connectivity index (χ3n) is 5.43. The van der Waals surface area contributed by atoms with Crippen LogP contribution in [0.1, 0.15) is 6.92 Å². The van der Waals surface area contributed by atoms with Crippen molar-refractivity contribution in [3.05, 3.63) is 88.4 Å². The van der Waals surface area contributed by atoms with Gasteiger partial charge in [0, 0.05) is 34.3 Å². The number of amides is 2. The molecule has 2 heterocycles. The number of carbonyl (C=O) groups is 2. The monoisotopic (exact) mass is 468 g/mol. The highest BCUT2D eigenvalue weighted by molar-refractivity contribution is 7.14. The van der Waals surface area contributed by atoms with Gasteiger partial charge in [-0.2, -0.15) is 0 Å². The summed E-state index contributed by atoms with van der Waals surface area (Å²) in [6, 6.07) is 22.0. The molecule has 0 unspecified atom stereocenters. The molecule has 2 aromatic heterocycles. The van der Waals surface area contributed by atoms with Gasteiger partial charge in [0.05, 0.1) is 16.7 Å². The Morgan fingerprint density at radius 2 is 1.50 bits per heavy atom. The molecule has 0 saturated heterocycles. The molecular formula is C26H20N4O3S. The van der Waals surface area contributed by atoms with Gasteiger partial charge in [-0.15, -0.1) is 11.3 Å². The molecule has 0 saturated carbocycles. The molecule has 0 fully saturated rings. The minimum atomic E-state index is -0.235. The van der Waals surface area contributed by atoms with Gasteiger partial charge in [-0.1, -0.05) is 36.4 Å². The lowest BCUT2D eigenvalue weighted by Crippen LogP contribution is -2.21. The van der Waals surface area contributed by atoms with E-state index in [1.165, 1.54) is 18.3 Å². The van der Waals surface area contributed by atoms with E-state index in [-0.39, 0.29) is 23.8 Å². The average molecular weight is 469 g/mol. The first kappa shape index (κ1) is 21.5. The molecule has 34 heavy (non-hydrogen) atoms. The SMILES string of the molecule is CC(=O)Nc1ccc(-c2csc(NC(=O)Cn3c4ccccc4c(=O)c4ccccc43)n2)cc1. The summed E-state index contributed by atoms with van der Waals surface area (Å²) in [5, 5.41) is 9.11. The first-order chi connectivity index (χ1) is 16.5. The van der Waals surface area contributed by atoms with Crippen LogP contribution in [-0.4, -0.2) is 21.4 Å². The number of anilines is 2. The summed E-state index contributed by atoms with van der Waals surface area (Å²) in [6.07, 6.45) is 0. The number of fused-ring (bicyclic) bond motifs is 2. The summed E-state index contributed by atoms with van der Waals surface area (Å²) >= 11 is 1.34. The molecular weight excluding hydrogens is 448 g/mol. The molecule has 0 aliphatic rings. The van der Waals surface area contributed by atoms with Gasteiger partial charge in [-0.25, -0.2) is 4.98 Å². The van der Waals surface area contributed by atoms with Crippen molar-refractivity contribution < 1.29 is 9.59 Å². The van der Waals surface area contributed by atoms with Gasteiger partial charge in [0.15, 0.2) is 10.6 Å². The second-order valence-electron chi connectivity index (χ2n) is 7.79. The quantitative estimate of drug-likeness (QED) is 0.360. The van der Waals surface area contributed by atoms with Crippen LogP contribution in [0.5, 0.6) is 0 Å². The number of aromatic nitrogens is 2. The Hall–Kier alpha value is -4.30. The minimum Gasteiger partial charge on any atom is -0.331 e. The van der Waals surface area contributed by atoms with Crippen LogP contribution in [-0.2, 0) is 16.1 Å². The Balaban J connectivity index is 1.39. The first-order valence-electron chi connectivity index (χ1n) is 10.6. The van der Waals surface area contributed by atoms with Crippen LogP contribution in [0, 0.1) is 0 Å². The third kappa shape index (κ3) is 4.18. The lowest BCUT2D eigenvalue weighted by molar-refractivity contribution is -0.116. The summed E-state index contributed by atoms with van der Waals surface area (Å²) < 4.78 is 1.86. The molecule has 2 amide bonds. The van der Waals surface area contributed by atoms with E-state index in [0.29, 0.717) is 32.6 Å². The molecule has 0 radical (unpaired) electrons. The van der Waals surface area contributed by atoms with E-state index < -0.39 is 0 Å². The van der Waals surface area contributed by atoms with Crippen molar-refractivity contribution in [2.24, 2.45) is 0 Å². The zero-order valence-electron chi connectivity index (χ0n) is 18.2. The zero-order valence-corrected chi connectivity index (χ0v) is 19.1. The molecule has 0 atom stereocenters. The van der Waals surface area contributed by atoms with Crippen molar-refractivity contribution in [3.8, 4) is 11.3 Å². The number of para-hydroxylation sites is 2. The van der Waals surface area contributed by atoms with Crippen molar-refractivity contribution in [2.75, 3.05) is 10.6 Å². The number of nitrogens with zero attached hydrogens (tertiary/aromatic N) is 2. The van der Waals surface area contributed by atoms with Crippen LogP contribution in [0.3, 0.4) is 0 Å². The summed E-state index contributed by atoms with van der Waals surface area (Å²) in [6.45, 7) is 1.50. The smallest absolute Gasteiger partial charge is 0.246 e. The number of nitrogens with one attached hydrogen (secondary N) is 2. The van der Waals surface area contributed by atoms with Gasteiger partial charge < -0.3 is 15.2 Å². The maximum Gasteiger partial charge on any atom is 0.246 e. The highest BCUT2D eigenvalue weighted by Crippen LogP contribution is 2.26. The molecule has 7 nitrogen and oxygen atoms in total. The summed E-state index contributed by atoms with van der Waals surface area (Å²) in [7, 11) is 0. The van der Waals surface area contributed by atoms with Crippen molar-refractivity contribution >= 4 is 55.8 Å². The first-order valence-corrected chi connectivity index (χ1v) is 11.5. The van der Waals surface area contributed by atoms with Crippen molar-refractivity contribution in [2.45, 2.75) is 13.5 Å². The number of hydrogen-bond donors (Lipinski definition) is 2. The molecule has 0 spiro atoms. The van der Waals surface area contributed by atoms with Crippen LogP contribution in [0.25, 0.3) is 33.1 Å². The number of hydrogen-bond acceptors (Lipinski definition) is 5. The predicted molar refractivity (Wildman–Crippen MR) is 136 cm³/mol. The van der Waals surface area contributed by atoms with Gasteiger partial charge >= 0.3 is 0 Å². The van der Waals surface area contributed by atoms with Crippen molar-refractivity contribution in [1.29, 1.82) is 0 Å². The molecule has 2 N–H and O–H groups in total. The topological polar surface area (TPSA) is 93.1 Å². The zero-order chi connectivity index (χ0) is 23.7. The van der Waals surface area contributed by atoms with Crippen LogP contribution in [0.4, 0.5) is 10.8 Å². The Morgan fingerprint density at radius 1 is 0.882 bits per heavy atom. The molecule has 5 aromatic rings. The van der Waals surface area contributed by atoms with E-state index in [1.54, 1.807) is 24.3 Å². The van der Waals surface area contributed by atoms with Gasteiger partial charge in [-0.3, -0.25) is 14.4 Å². The fourth-order valence-corrected chi connectivity index (χ4v) is 4.68. The van der Waals surface area contributed by atoms with Crippen LogP contribution in [0.15, 0.2) is 83.0 Å². The lowest BCUT2D eigenvalue weighted by atomic mass is 10.1. The fourth-order valence-electron chi connectivity index (χ4n) is 3.94. The molecule has 0 aliphatic carbocycles. The predicted octanol–water partition coefficient (Wildman–Crippen LogP) is 4.88. The van der Waals surface area contributed by atoms with Gasteiger partial charge in [-0.05, 0) is 36.4 Å².